The number of rotatable bonds is 5. The maximum atomic E-state index is 13.0. The number of carbonyl (C=O) groups excluding carboxylic acids is 1. The molecule has 2 heterocycles. The van der Waals surface area contributed by atoms with Gasteiger partial charge in [0.2, 0.25) is 5.43 Å². The van der Waals surface area contributed by atoms with Gasteiger partial charge in [-0.15, -0.1) is 0 Å². The molecule has 2 aromatic heterocycles. The van der Waals surface area contributed by atoms with E-state index in [2.05, 4.69) is 15.6 Å². The lowest BCUT2D eigenvalue weighted by Gasteiger charge is -2.11. The molecule has 0 fully saturated rings. The molecule has 1 N–H and O–H groups in total. The van der Waals surface area contributed by atoms with Gasteiger partial charge in [-0.3, -0.25) is 14.4 Å². The maximum Gasteiger partial charge on any atom is 0.275 e. The number of hydrogen-bond donors (Lipinski definition) is 1. The molecule has 0 saturated heterocycles. The van der Waals surface area contributed by atoms with Gasteiger partial charge in [-0.1, -0.05) is 59.6 Å². The van der Waals surface area contributed by atoms with Gasteiger partial charge in [0.1, 0.15) is 18.4 Å². The summed E-state index contributed by atoms with van der Waals surface area (Å²) in [6.07, 6.45) is 2.43. The molecule has 178 valence electrons. The molecule has 5 rings (SSSR count). The van der Waals surface area contributed by atoms with Gasteiger partial charge in [0.15, 0.2) is 0 Å². The van der Waals surface area contributed by atoms with Crippen molar-refractivity contribution in [2.24, 2.45) is 5.10 Å². The van der Waals surface area contributed by atoms with E-state index in [0.29, 0.717) is 32.5 Å². The van der Waals surface area contributed by atoms with E-state index in [1.165, 1.54) is 18.5 Å². The van der Waals surface area contributed by atoms with Crippen LogP contribution in [0.2, 0.25) is 5.02 Å². The average molecular weight is 499 g/mol. The molecule has 0 atom stereocenters. The van der Waals surface area contributed by atoms with Crippen LogP contribution in [0.1, 0.15) is 11.1 Å². The van der Waals surface area contributed by atoms with Crippen LogP contribution in [-0.4, -0.2) is 21.9 Å². The number of halogens is 1. The molecule has 8 nitrogen and oxygen atoms in total. The summed E-state index contributed by atoms with van der Waals surface area (Å²) in [5.41, 5.74) is 4.63. The molecular formula is C27H19ClN4O4. The van der Waals surface area contributed by atoms with Crippen molar-refractivity contribution >= 4 is 45.5 Å². The Morgan fingerprint density at radius 2 is 1.81 bits per heavy atom. The van der Waals surface area contributed by atoms with Crippen LogP contribution in [0.4, 0.5) is 0 Å². The van der Waals surface area contributed by atoms with Crippen molar-refractivity contribution in [2.75, 3.05) is 0 Å². The minimum Gasteiger partial charge on any atom is -0.463 e. The van der Waals surface area contributed by atoms with Crippen molar-refractivity contribution in [2.45, 2.75) is 13.5 Å². The number of aryl methyl sites for hydroxylation is 1. The summed E-state index contributed by atoms with van der Waals surface area (Å²) in [5.74, 6) is -0.584. The van der Waals surface area contributed by atoms with E-state index >= 15 is 0 Å². The molecular weight excluding hydrogens is 480 g/mol. The first kappa shape index (κ1) is 23.2. The van der Waals surface area contributed by atoms with Crippen molar-refractivity contribution in [1.29, 1.82) is 0 Å². The lowest BCUT2D eigenvalue weighted by molar-refractivity contribution is -0.121. The second-order valence-corrected chi connectivity index (χ2v) is 8.61. The van der Waals surface area contributed by atoms with E-state index in [-0.39, 0.29) is 17.5 Å². The van der Waals surface area contributed by atoms with Crippen molar-refractivity contribution < 1.29 is 9.21 Å². The molecule has 3 aromatic carbocycles. The largest absolute Gasteiger partial charge is 0.463 e. The van der Waals surface area contributed by atoms with Crippen LogP contribution in [-0.2, 0) is 11.3 Å². The topological polar surface area (TPSA) is 107 Å². The summed E-state index contributed by atoms with van der Waals surface area (Å²) in [6.45, 7) is 1.62. The lowest BCUT2D eigenvalue weighted by Crippen LogP contribution is -2.32. The van der Waals surface area contributed by atoms with Gasteiger partial charge in [-0.05, 0) is 31.2 Å². The first-order valence-electron chi connectivity index (χ1n) is 11.0. The number of fused-ring (bicyclic) bond motifs is 2. The minimum absolute atomic E-state index is 0.132. The van der Waals surface area contributed by atoms with E-state index in [4.69, 9.17) is 16.0 Å². The second-order valence-electron chi connectivity index (χ2n) is 8.18. The maximum absolute atomic E-state index is 13.0. The Morgan fingerprint density at radius 1 is 1.06 bits per heavy atom. The highest BCUT2D eigenvalue weighted by Gasteiger charge is 2.14. The van der Waals surface area contributed by atoms with Crippen molar-refractivity contribution in [3.63, 3.8) is 0 Å². The summed E-state index contributed by atoms with van der Waals surface area (Å²) < 4.78 is 6.54. The predicted octanol–water partition coefficient (Wildman–Crippen LogP) is 4.28. The molecule has 0 bridgehead atoms. The molecule has 5 aromatic rings. The number of carbonyl (C=O) groups is 1. The van der Waals surface area contributed by atoms with Gasteiger partial charge in [0, 0.05) is 16.0 Å². The van der Waals surface area contributed by atoms with E-state index in [1.807, 2.05) is 43.3 Å². The number of amides is 1. The third kappa shape index (κ3) is 4.54. The highest BCUT2D eigenvalue weighted by atomic mass is 35.5. The Bertz CT molecular complexity index is 1770. The number of benzene rings is 3. The lowest BCUT2D eigenvalue weighted by atomic mass is 10.0. The van der Waals surface area contributed by atoms with Gasteiger partial charge in [-0.2, -0.15) is 10.2 Å². The van der Waals surface area contributed by atoms with Gasteiger partial charge >= 0.3 is 0 Å². The Labute approximate surface area is 209 Å². The Balaban J connectivity index is 1.41. The third-order valence-electron chi connectivity index (χ3n) is 5.64. The standard InChI is InChI=1S/C27H19ClN4O4/c1-16-6-8-17(9-7-16)25-20-4-2-3-5-21(20)27(35)32(31-25)14-24(33)30-29-13-18-15-36-23-11-10-19(28)12-22(23)26(18)34/h2-13,15H,14H2,1H3,(H,30,33)/b29-13+. The van der Waals surface area contributed by atoms with Gasteiger partial charge in [0.05, 0.1) is 28.2 Å². The van der Waals surface area contributed by atoms with Gasteiger partial charge in [0.25, 0.3) is 11.5 Å². The van der Waals surface area contributed by atoms with Crippen LogP contribution in [0.5, 0.6) is 0 Å². The van der Waals surface area contributed by atoms with Crippen LogP contribution in [0, 0.1) is 6.92 Å². The van der Waals surface area contributed by atoms with Crippen LogP contribution in [0.3, 0.4) is 0 Å². The summed E-state index contributed by atoms with van der Waals surface area (Å²) in [6, 6.07) is 19.6. The summed E-state index contributed by atoms with van der Waals surface area (Å²) >= 11 is 5.97. The molecule has 0 aliphatic carbocycles. The fourth-order valence-electron chi connectivity index (χ4n) is 3.82. The molecule has 0 spiro atoms. The van der Waals surface area contributed by atoms with Crippen molar-refractivity contribution in [3.8, 4) is 11.3 Å². The summed E-state index contributed by atoms with van der Waals surface area (Å²) in [5, 5.41) is 10.2. The number of aromatic nitrogens is 2. The molecule has 0 aliphatic rings. The molecule has 1 amide bonds. The van der Waals surface area contributed by atoms with Crippen molar-refractivity contribution in [3.05, 3.63) is 110 Å². The molecule has 0 saturated carbocycles. The number of hydrazone groups is 1. The number of nitrogens with one attached hydrogen (secondary N) is 1. The minimum atomic E-state index is -0.584. The second kappa shape index (κ2) is 9.59. The zero-order valence-corrected chi connectivity index (χ0v) is 19.8. The number of hydrogen-bond acceptors (Lipinski definition) is 6. The van der Waals surface area contributed by atoms with E-state index in [0.717, 1.165) is 15.8 Å². The SMILES string of the molecule is Cc1ccc(-c2nn(CC(=O)N/N=C/c3coc4ccc(Cl)cc4c3=O)c(=O)c3ccccc23)cc1. The number of nitrogens with zero attached hydrogens (tertiary/aromatic N) is 3. The first-order chi connectivity index (χ1) is 17.4. The zero-order valence-electron chi connectivity index (χ0n) is 19.1. The zero-order chi connectivity index (χ0) is 25.2. The van der Waals surface area contributed by atoms with E-state index in [1.54, 1.807) is 24.3 Å². The summed E-state index contributed by atoms with van der Waals surface area (Å²) in [4.78, 5) is 38.2. The molecule has 36 heavy (non-hydrogen) atoms. The predicted molar refractivity (Wildman–Crippen MR) is 139 cm³/mol. The normalized spacial score (nSPS) is 11.4. The van der Waals surface area contributed by atoms with Crippen LogP contribution >= 0.6 is 11.6 Å². The Morgan fingerprint density at radius 3 is 2.58 bits per heavy atom. The molecule has 0 unspecified atom stereocenters. The highest BCUT2D eigenvalue weighted by molar-refractivity contribution is 6.31. The Kier molecular flexibility index (Phi) is 6.18. The smallest absolute Gasteiger partial charge is 0.275 e. The fourth-order valence-corrected chi connectivity index (χ4v) is 3.99. The van der Waals surface area contributed by atoms with Crippen LogP contribution in [0.25, 0.3) is 33.0 Å². The molecule has 9 heteroatoms. The average Bonchev–Trinajstić information content (AvgIpc) is 2.88. The van der Waals surface area contributed by atoms with E-state index < -0.39 is 11.5 Å². The molecule has 0 aliphatic heterocycles. The Hall–Kier alpha value is -4.56. The van der Waals surface area contributed by atoms with Crippen molar-refractivity contribution in [1.82, 2.24) is 15.2 Å². The summed E-state index contributed by atoms with van der Waals surface area (Å²) in [7, 11) is 0. The van der Waals surface area contributed by atoms with Gasteiger partial charge < -0.3 is 4.42 Å². The molecule has 0 radical (unpaired) electrons. The van der Waals surface area contributed by atoms with Crippen LogP contribution in [0.15, 0.2) is 92.1 Å². The fraction of sp³-hybridized carbons (Fsp3) is 0.0741. The highest BCUT2D eigenvalue weighted by Crippen LogP contribution is 2.24. The van der Waals surface area contributed by atoms with Crippen LogP contribution < -0.4 is 16.4 Å². The quantitative estimate of drug-likeness (QED) is 0.287. The first-order valence-corrected chi connectivity index (χ1v) is 11.4. The van der Waals surface area contributed by atoms with Gasteiger partial charge in [-0.25, -0.2) is 10.1 Å². The third-order valence-corrected chi connectivity index (χ3v) is 5.88. The monoisotopic (exact) mass is 498 g/mol. The van der Waals surface area contributed by atoms with E-state index in [9.17, 15) is 14.4 Å².